The zero-order valence-electron chi connectivity index (χ0n) is 17.3. The first-order chi connectivity index (χ1) is 14.8. The number of hydrogen-bond donors (Lipinski definition) is 5. The van der Waals surface area contributed by atoms with E-state index in [0.717, 1.165) is 0 Å². The lowest BCUT2D eigenvalue weighted by molar-refractivity contribution is -0.230. The van der Waals surface area contributed by atoms with Crippen molar-refractivity contribution in [2.45, 2.75) is 50.4 Å². The van der Waals surface area contributed by atoms with Crippen LogP contribution in [-0.4, -0.2) is 87.6 Å². The Hall–Kier alpha value is -2.50. The van der Waals surface area contributed by atoms with E-state index < -0.39 is 55.2 Å². The molecule has 0 aliphatic carbocycles. The fourth-order valence-electron chi connectivity index (χ4n) is 3.88. The van der Waals surface area contributed by atoms with E-state index >= 15 is 0 Å². The van der Waals surface area contributed by atoms with E-state index in [1.165, 1.54) is 4.90 Å². The number of nitrogens with one attached hydrogen (secondary N) is 1. The number of aliphatic hydroxyl groups excluding tert-OH is 4. The fraction of sp³-hybridized carbons (Fsp3) is 0.524. The molecule has 6 atom stereocenters. The molecule has 5 N–H and O–H groups in total. The summed E-state index contributed by atoms with van der Waals surface area (Å²) in [6, 6.07) is 7.71. The normalized spacial score (nSPS) is 31.4. The smallest absolute Gasteiger partial charge is 0.338 e. The van der Waals surface area contributed by atoms with Crippen molar-refractivity contribution in [2.24, 2.45) is 0 Å². The van der Waals surface area contributed by atoms with Gasteiger partial charge < -0.3 is 35.2 Å². The van der Waals surface area contributed by atoms with Gasteiger partial charge in [-0.3, -0.25) is 4.90 Å². The minimum atomic E-state index is -1.56. The van der Waals surface area contributed by atoms with Crippen LogP contribution in [0.25, 0.3) is 0 Å². The van der Waals surface area contributed by atoms with Gasteiger partial charge in [0.05, 0.1) is 31.4 Å². The van der Waals surface area contributed by atoms with Gasteiger partial charge in [-0.1, -0.05) is 30.3 Å². The number of allylic oxidation sites excluding steroid dienone is 1. The molecule has 10 nitrogen and oxygen atoms in total. The van der Waals surface area contributed by atoms with Crippen molar-refractivity contribution in [3.63, 3.8) is 0 Å². The van der Waals surface area contributed by atoms with E-state index in [1.807, 2.05) is 6.07 Å². The third-order valence-corrected chi connectivity index (χ3v) is 5.58. The number of esters is 1. The Kier molecular flexibility index (Phi) is 7.29. The quantitative estimate of drug-likeness (QED) is 0.373. The fourth-order valence-corrected chi connectivity index (χ4v) is 3.88. The van der Waals surface area contributed by atoms with Gasteiger partial charge in [0.1, 0.15) is 30.5 Å². The number of carbonyl (C=O) groups is 2. The maximum atomic E-state index is 12.9. The van der Waals surface area contributed by atoms with Crippen molar-refractivity contribution in [3.8, 4) is 0 Å². The average molecular weight is 436 g/mol. The summed E-state index contributed by atoms with van der Waals surface area (Å²) < 4.78 is 10.7. The Morgan fingerprint density at radius 2 is 1.77 bits per heavy atom. The summed E-state index contributed by atoms with van der Waals surface area (Å²) in [7, 11) is 0. The molecule has 1 saturated heterocycles. The number of urea groups is 1. The van der Waals surface area contributed by atoms with Crippen molar-refractivity contribution in [1.29, 1.82) is 0 Å². The number of carbonyl (C=O) groups excluding carboxylic acids is 2. The number of ether oxygens (including phenoxy) is 2. The highest BCUT2D eigenvalue weighted by atomic mass is 16.5. The van der Waals surface area contributed by atoms with Gasteiger partial charge in [-0.2, -0.15) is 0 Å². The molecule has 1 fully saturated rings. The summed E-state index contributed by atoms with van der Waals surface area (Å²) in [5, 5.41) is 42.5. The van der Waals surface area contributed by atoms with Crippen molar-refractivity contribution >= 4 is 12.0 Å². The molecule has 0 unspecified atom stereocenters. The van der Waals surface area contributed by atoms with Crippen LogP contribution >= 0.6 is 0 Å². The predicted octanol–water partition coefficient (Wildman–Crippen LogP) is -0.568. The number of amides is 2. The Labute approximate surface area is 179 Å². The molecule has 0 aromatic heterocycles. The number of rotatable bonds is 6. The van der Waals surface area contributed by atoms with Crippen LogP contribution in [0.5, 0.6) is 0 Å². The van der Waals surface area contributed by atoms with Gasteiger partial charge in [0, 0.05) is 5.70 Å². The molecular formula is C21H28N2O8. The molecule has 0 saturated carbocycles. The highest BCUT2D eigenvalue weighted by molar-refractivity contribution is 5.95. The lowest BCUT2D eigenvalue weighted by Gasteiger charge is -2.43. The largest absolute Gasteiger partial charge is 0.463 e. The number of aliphatic hydroxyl groups is 4. The lowest BCUT2D eigenvalue weighted by Crippen LogP contribution is -2.62. The van der Waals surface area contributed by atoms with Crippen LogP contribution in [0, 0.1) is 0 Å². The standard InChI is InChI=1S/C21H28N2O8/c1-3-30-20(28)15-11(2)23(21(29)22-16(15)12-7-5-4-6-8-12)9-13-17(25)19(27)18(26)14(10-24)31-13/h4-8,13-14,16-19,24-27H,3,9-10H2,1-2H3,(H,22,29)/t13-,14+,16-,17-,18-,19+/m0/s1. The van der Waals surface area contributed by atoms with Crippen LogP contribution in [0.3, 0.4) is 0 Å². The molecule has 170 valence electrons. The first kappa shape index (κ1) is 23.2. The van der Waals surface area contributed by atoms with Gasteiger partial charge >= 0.3 is 12.0 Å². The predicted molar refractivity (Wildman–Crippen MR) is 108 cm³/mol. The maximum Gasteiger partial charge on any atom is 0.338 e. The zero-order chi connectivity index (χ0) is 22.7. The summed E-state index contributed by atoms with van der Waals surface area (Å²) in [6.07, 6.45) is -6.76. The van der Waals surface area contributed by atoms with E-state index in [-0.39, 0.29) is 18.7 Å². The van der Waals surface area contributed by atoms with Crippen molar-refractivity contribution in [3.05, 3.63) is 47.2 Å². The molecule has 0 radical (unpaired) electrons. The molecule has 0 bridgehead atoms. The molecule has 0 spiro atoms. The van der Waals surface area contributed by atoms with E-state index in [1.54, 1.807) is 38.1 Å². The SMILES string of the molecule is CCOC(=O)C1=C(C)N(C[C@@H]2O[C@H](CO)[C@H](O)[C@H](O)[C@H]2O)C(=O)N[C@H]1c1ccccc1. The highest BCUT2D eigenvalue weighted by Gasteiger charge is 2.45. The average Bonchev–Trinajstić information content (AvgIpc) is 2.76. The molecule has 2 aliphatic heterocycles. The van der Waals surface area contributed by atoms with Crippen LogP contribution in [0.2, 0.25) is 0 Å². The minimum absolute atomic E-state index is 0.151. The van der Waals surface area contributed by atoms with E-state index in [9.17, 15) is 30.0 Å². The zero-order valence-corrected chi connectivity index (χ0v) is 17.3. The second-order valence-corrected chi connectivity index (χ2v) is 7.49. The van der Waals surface area contributed by atoms with Crippen LogP contribution in [-0.2, 0) is 14.3 Å². The third-order valence-electron chi connectivity index (χ3n) is 5.58. The Morgan fingerprint density at radius 1 is 1.13 bits per heavy atom. The van der Waals surface area contributed by atoms with Crippen LogP contribution in [0.15, 0.2) is 41.6 Å². The van der Waals surface area contributed by atoms with E-state index in [0.29, 0.717) is 11.3 Å². The monoisotopic (exact) mass is 436 g/mol. The maximum absolute atomic E-state index is 12.9. The Morgan fingerprint density at radius 3 is 2.39 bits per heavy atom. The van der Waals surface area contributed by atoms with Gasteiger partial charge in [-0.05, 0) is 19.4 Å². The van der Waals surface area contributed by atoms with Crippen LogP contribution in [0.4, 0.5) is 4.79 Å². The summed E-state index contributed by atoms with van der Waals surface area (Å²) in [6.45, 7) is 2.62. The first-order valence-corrected chi connectivity index (χ1v) is 10.1. The van der Waals surface area contributed by atoms with Crippen LogP contribution in [0.1, 0.15) is 25.5 Å². The minimum Gasteiger partial charge on any atom is -0.463 e. The Bertz CT molecular complexity index is 828. The van der Waals surface area contributed by atoms with Gasteiger partial charge in [0.25, 0.3) is 0 Å². The molecule has 3 rings (SSSR count). The van der Waals surface area contributed by atoms with Gasteiger partial charge in [0.15, 0.2) is 0 Å². The van der Waals surface area contributed by atoms with Crippen molar-refractivity contribution in [2.75, 3.05) is 19.8 Å². The number of benzene rings is 1. The topological polar surface area (TPSA) is 149 Å². The second kappa shape index (κ2) is 9.75. The van der Waals surface area contributed by atoms with E-state index in [4.69, 9.17) is 9.47 Å². The van der Waals surface area contributed by atoms with Gasteiger partial charge in [0.2, 0.25) is 0 Å². The van der Waals surface area contributed by atoms with Crippen LogP contribution < -0.4 is 5.32 Å². The molecule has 10 heteroatoms. The van der Waals surface area contributed by atoms with Gasteiger partial charge in [-0.25, -0.2) is 9.59 Å². The molecule has 1 aromatic carbocycles. The molecule has 2 heterocycles. The molecule has 31 heavy (non-hydrogen) atoms. The summed E-state index contributed by atoms with van der Waals surface area (Å²) in [5.41, 5.74) is 1.25. The Balaban J connectivity index is 1.94. The third kappa shape index (κ3) is 4.58. The molecule has 2 amide bonds. The van der Waals surface area contributed by atoms with Crippen molar-refractivity contribution < 1.29 is 39.5 Å². The van der Waals surface area contributed by atoms with Gasteiger partial charge in [-0.15, -0.1) is 0 Å². The molecular weight excluding hydrogens is 408 g/mol. The highest BCUT2D eigenvalue weighted by Crippen LogP contribution is 2.32. The summed E-state index contributed by atoms with van der Waals surface area (Å²) >= 11 is 0. The van der Waals surface area contributed by atoms with E-state index in [2.05, 4.69) is 5.32 Å². The molecule has 2 aliphatic rings. The molecule has 1 aromatic rings. The first-order valence-electron chi connectivity index (χ1n) is 10.1. The lowest BCUT2D eigenvalue weighted by atomic mass is 9.93. The second-order valence-electron chi connectivity index (χ2n) is 7.49. The number of hydrogen-bond acceptors (Lipinski definition) is 8. The number of nitrogens with zero attached hydrogens (tertiary/aromatic N) is 1. The van der Waals surface area contributed by atoms with Crippen molar-refractivity contribution in [1.82, 2.24) is 10.2 Å². The summed E-state index contributed by atoms with van der Waals surface area (Å²) in [5.74, 6) is -0.590. The summed E-state index contributed by atoms with van der Waals surface area (Å²) in [4.78, 5) is 26.9.